The van der Waals surface area contributed by atoms with E-state index in [9.17, 15) is 14.4 Å². The topological polar surface area (TPSA) is 87.3 Å². The van der Waals surface area contributed by atoms with E-state index in [0.29, 0.717) is 21.8 Å². The summed E-state index contributed by atoms with van der Waals surface area (Å²) in [7, 11) is 0. The van der Waals surface area contributed by atoms with Gasteiger partial charge in [0.2, 0.25) is 5.91 Å². The summed E-state index contributed by atoms with van der Waals surface area (Å²) in [6, 6.07) is 12.8. The molecule has 0 heterocycles. The number of hydrogen-bond donors (Lipinski definition) is 3. The lowest BCUT2D eigenvalue weighted by atomic mass is 10.0. The molecule has 152 valence electrons. The van der Waals surface area contributed by atoms with Gasteiger partial charge in [-0.25, -0.2) is 0 Å². The van der Waals surface area contributed by atoms with Crippen LogP contribution >= 0.6 is 11.6 Å². The number of halogens is 1. The van der Waals surface area contributed by atoms with Gasteiger partial charge < -0.3 is 16.0 Å². The summed E-state index contributed by atoms with van der Waals surface area (Å²) >= 11 is 5.86. The van der Waals surface area contributed by atoms with Crippen molar-refractivity contribution in [3.8, 4) is 0 Å². The Hall–Kier alpha value is -2.86. The van der Waals surface area contributed by atoms with E-state index < -0.39 is 6.04 Å². The second-order valence-corrected chi connectivity index (χ2v) is 7.96. The highest BCUT2D eigenvalue weighted by Crippen LogP contribution is 2.20. The van der Waals surface area contributed by atoms with Gasteiger partial charge in [-0.1, -0.05) is 31.5 Å². The van der Waals surface area contributed by atoms with Gasteiger partial charge in [0.15, 0.2) is 0 Å². The summed E-state index contributed by atoms with van der Waals surface area (Å²) in [5.41, 5.74) is 1.41. The molecule has 3 N–H and O–H groups in total. The van der Waals surface area contributed by atoms with Gasteiger partial charge in [-0.15, -0.1) is 0 Å². The van der Waals surface area contributed by atoms with Crippen LogP contribution in [0.25, 0.3) is 0 Å². The summed E-state index contributed by atoms with van der Waals surface area (Å²) in [4.78, 5) is 37.5. The van der Waals surface area contributed by atoms with Gasteiger partial charge in [-0.3, -0.25) is 14.4 Å². The first-order valence-corrected chi connectivity index (χ1v) is 9.99. The van der Waals surface area contributed by atoms with Crippen LogP contribution in [0.3, 0.4) is 0 Å². The van der Waals surface area contributed by atoms with Crippen LogP contribution in [0.1, 0.15) is 47.4 Å². The fraction of sp³-hybridized carbons (Fsp3) is 0.318. The van der Waals surface area contributed by atoms with Gasteiger partial charge in [0.05, 0.1) is 0 Å². The third kappa shape index (κ3) is 5.81. The SMILES string of the molecule is CC(C)[C@H](NC(=O)c1ccc(Cl)cc1)C(=O)Nc1cccc(C(=O)NC2CC2)c1. The highest BCUT2D eigenvalue weighted by atomic mass is 35.5. The summed E-state index contributed by atoms with van der Waals surface area (Å²) in [6.07, 6.45) is 2.01. The third-order valence-corrected chi connectivity index (χ3v) is 4.90. The molecule has 0 saturated heterocycles. The average molecular weight is 414 g/mol. The highest BCUT2D eigenvalue weighted by Gasteiger charge is 2.26. The molecule has 6 nitrogen and oxygen atoms in total. The lowest BCUT2D eigenvalue weighted by molar-refractivity contribution is -0.118. The number of carbonyl (C=O) groups is 3. The van der Waals surface area contributed by atoms with E-state index in [0.717, 1.165) is 12.8 Å². The van der Waals surface area contributed by atoms with Crippen LogP contribution in [0.2, 0.25) is 5.02 Å². The molecule has 3 rings (SSSR count). The largest absolute Gasteiger partial charge is 0.349 e. The number of anilines is 1. The molecule has 2 aromatic rings. The molecule has 0 aromatic heterocycles. The maximum Gasteiger partial charge on any atom is 0.251 e. The molecule has 1 aliphatic rings. The van der Waals surface area contributed by atoms with E-state index in [2.05, 4.69) is 16.0 Å². The van der Waals surface area contributed by atoms with Crippen molar-refractivity contribution in [2.24, 2.45) is 5.92 Å². The fourth-order valence-corrected chi connectivity index (χ4v) is 2.94. The lowest BCUT2D eigenvalue weighted by Gasteiger charge is -2.22. The number of amides is 3. The zero-order valence-electron chi connectivity index (χ0n) is 16.4. The van der Waals surface area contributed by atoms with Crippen molar-refractivity contribution >= 4 is 35.0 Å². The molecule has 0 unspecified atom stereocenters. The van der Waals surface area contributed by atoms with Crippen molar-refractivity contribution in [3.63, 3.8) is 0 Å². The Balaban J connectivity index is 1.67. The van der Waals surface area contributed by atoms with Crippen LogP contribution in [0.5, 0.6) is 0 Å². The Kier molecular flexibility index (Phi) is 6.54. The molecule has 0 spiro atoms. The molecular formula is C22H24ClN3O3. The first kappa shape index (κ1) is 20.9. The normalized spacial score (nSPS) is 14.2. The van der Waals surface area contributed by atoms with Crippen molar-refractivity contribution in [2.75, 3.05) is 5.32 Å². The summed E-state index contributed by atoms with van der Waals surface area (Å²) < 4.78 is 0. The van der Waals surface area contributed by atoms with E-state index >= 15 is 0 Å². The number of hydrogen-bond acceptors (Lipinski definition) is 3. The Morgan fingerprint density at radius 1 is 0.966 bits per heavy atom. The van der Waals surface area contributed by atoms with E-state index in [-0.39, 0.29) is 29.7 Å². The highest BCUT2D eigenvalue weighted by molar-refractivity contribution is 6.30. The first-order chi connectivity index (χ1) is 13.8. The molecule has 0 aliphatic heterocycles. The van der Waals surface area contributed by atoms with Crippen LogP contribution in [0.4, 0.5) is 5.69 Å². The summed E-state index contributed by atoms with van der Waals surface area (Å²) in [5, 5.41) is 9.02. The Bertz CT molecular complexity index is 908. The molecule has 2 aromatic carbocycles. The van der Waals surface area contributed by atoms with Crippen molar-refractivity contribution in [1.29, 1.82) is 0 Å². The van der Waals surface area contributed by atoms with Gasteiger partial charge in [-0.05, 0) is 61.2 Å². The predicted octanol–water partition coefficient (Wildman–Crippen LogP) is 3.63. The zero-order chi connectivity index (χ0) is 21.0. The van der Waals surface area contributed by atoms with Crippen molar-refractivity contribution in [1.82, 2.24) is 10.6 Å². The molecule has 7 heteroatoms. The molecule has 1 saturated carbocycles. The Morgan fingerprint density at radius 3 is 2.28 bits per heavy atom. The second-order valence-electron chi connectivity index (χ2n) is 7.52. The number of rotatable bonds is 7. The van der Waals surface area contributed by atoms with Gasteiger partial charge in [0, 0.05) is 27.9 Å². The van der Waals surface area contributed by atoms with E-state index in [4.69, 9.17) is 11.6 Å². The van der Waals surface area contributed by atoms with Crippen LogP contribution in [-0.4, -0.2) is 29.8 Å². The molecule has 3 amide bonds. The Morgan fingerprint density at radius 2 is 1.66 bits per heavy atom. The molecule has 1 fully saturated rings. The Labute approximate surface area is 175 Å². The van der Waals surface area contributed by atoms with Crippen LogP contribution in [0.15, 0.2) is 48.5 Å². The third-order valence-electron chi connectivity index (χ3n) is 4.65. The molecule has 1 aliphatic carbocycles. The summed E-state index contributed by atoms with van der Waals surface area (Å²) in [6.45, 7) is 3.71. The lowest BCUT2D eigenvalue weighted by Crippen LogP contribution is -2.47. The molecule has 0 radical (unpaired) electrons. The van der Waals surface area contributed by atoms with Gasteiger partial charge in [0.1, 0.15) is 6.04 Å². The van der Waals surface area contributed by atoms with Crippen LogP contribution < -0.4 is 16.0 Å². The van der Waals surface area contributed by atoms with Gasteiger partial charge >= 0.3 is 0 Å². The molecule has 1 atom stereocenters. The standard InChI is InChI=1S/C22H24ClN3O3/c1-13(2)19(26-20(27)14-6-8-16(23)9-7-14)22(29)25-18-5-3-4-15(12-18)21(28)24-17-10-11-17/h3-9,12-13,17,19H,10-11H2,1-2H3,(H,24,28)(H,25,29)(H,26,27)/t19-/m0/s1. The predicted molar refractivity (Wildman–Crippen MR) is 113 cm³/mol. The minimum absolute atomic E-state index is 0.132. The van der Waals surface area contributed by atoms with Gasteiger partial charge in [-0.2, -0.15) is 0 Å². The molecule has 0 bridgehead atoms. The number of carbonyl (C=O) groups excluding carboxylic acids is 3. The molecule has 29 heavy (non-hydrogen) atoms. The molecular weight excluding hydrogens is 390 g/mol. The maximum atomic E-state index is 12.8. The quantitative estimate of drug-likeness (QED) is 0.647. The second kappa shape index (κ2) is 9.09. The summed E-state index contributed by atoms with van der Waals surface area (Å²) in [5.74, 6) is -0.984. The van der Waals surface area contributed by atoms with E-state index in [1.165, 1.54) is 0 Å². The van der Waals surface area contributed by atoms with E-state index in [1.807, 2.05) is 13.8 Å². The van der Waals surface area contributed by atoms with Crippen LogP contribution in [-0.2, 0) is 4.79 Å². The minimum Gasteiger partial charge on any atom is -0.349 e. The zero-order valence-corrected chi connectivity index (χ0v) is 17.1. The number of benzene rings is 2. The van der Waals surface area contributed by atoms with Gasteiger partial charge in [0.25, 0.3) is 11.8 Å². The van der Waals surface area contributed by atoms with E-state index in [1.54, 1.807) is 48.5 Å². The van der Waals surface area contributed by atoms with Crippen molar-refractivity contribution < 1.29 is 14.4 Å². The minimum atomic E-state index is -0.734. The first-order valence-electron chi connectivity index (χ1n) is 9.61. The monoisotopic (exact) mass is 413 g/mol. The average Bonchev–Trinajstić information content (AvgIpc) is 3.50. The smallest absolute Gasteiger partial charge is 0.251 e. The van der Waals surface area contributed by atoms with Crippen molar-refractivity contribution in [3.05, 3.63) is 64.7 Å². The van der Waals surface area contributed by atoms with Crippen LogP contribution in [0, 0.1) is 5.92 Å². The fourth-order valence-electron chi connectivity index (χ4n) is 2.82. The number of nitrogens with one attached hydrogen (secondary N) is 3. The maximum absolute atomic E-state index is 12.8. The van der Waals surface area contributed by atoms with Crippen molar-refractivity contribution in [2.45, 2.75) is 38.8 Å².